The van der Waals surface area contributed by atoms with Crippen LogP contribution in [0.5, 0.6) is 0 Å². The highest BCUT2D eigenvalue weighted by Crippen LogP contribution is 2.13. The van der Waals surface area contributed by atoms with Gasteiger partial charge in [-0.15, -0.1) is 0 Å². The van der Waals surface area contributed by atoms with Crippen molar-refractivity contribution in [2.75, 3.05) is 39.4 Å². The Morgan fingerprint density at radius 1 is 1.33 bits per heavy atom. The molecule has 0 aromatic heterocycles. The number of nitrogens with one attached hydrogen (secondary N) is 2. The van der Waals surface area contributed by atoms with E-state index in [1.54, 1.807) is 12.1 Å². The molecule has 2 atom stereocenters. The summed E-state index contributed by atoms with van der Waals surface area (Å²) in [6.45, 7) is 12.8. The van der Waals surface area contributed by atoms with Gasteiger partial charge in [-0.1, -0.05) is 26.0 Å². The molecule has 8 heteroatoms. The van der Waals surface area contributed by atoms with E-state index in [9.17, 15) is 10.1 Å². The molecule has 0 aliphatic carbocycles. The molecule has 0 bridgehead atoms. The summed E-state index contributed by atoms with van der Waals surface area (Å²) in [5.41, 5.74) is 1.04. The number of hydrogen-bond donors (Lipinski definition) is 2. The Bertz CT molecular complexity index is 655. The molecule has 2 N–H and O–H groups in total. The molecule has 0 radical (unpaired) electrons. The van der Waals surface area contributed by atoms with Crippen LogP contribution in [-0.4, -0.2) is 61.2 Å². The minimum Gasteiger partial charge on any atom is -0.381 e. The van der Waals surface area contributed by atoms with Gasteiger partial charge in [0.2, 0.25) is 0 Å². The first-order chi connectivity index (χ1) is 14.5. The largest absolute Gasteiger partial charge is 0.381 e. The molecule has 1 aromatic carbocycles. The lowest BCUT2D eigenvalue weighted by Gasteiger charge is -2.22. The van der Waals surface area contributed by atoms with E-state index in [0.717, 1.165) is 70.2 Å². The lowest BCUT2D eigenvalue weighted by molar-refractivity contribution is -0.384. The maximum atomic E-state index is 10.8. The highest BCUT2D eigenvalue weighted by atomic mass is 16.6. The van der Waals surface area contributed by atoms with Gasteiger partial charge in [0, 0.05) is 37.2 Å². The summed E-state index contributed by atoms with van der Waals surface area (Å²) >= 11 is 0. The number of nitro groups is 1. The maximum absolute atomic E-state index is 10.8. The topological polar surface area (TPSA) is 92.0 Å². The van der Waals surface area contributed by atoms with Crippen molar-refractivity contribution in [3.8, 4) is 0 Å². The van der Waals surface area contributed by atoms with Crippen LogP contribution in [0.4, 0.5) is 5.69 Å². The van der Waals surface area contributed by atoms with Gasteiger partial charge in [-0.2, -0.15) is 0 Å². The first-order valence-corrected chi connectivity index (χ1v) is 11.1. The normalized spacial score (nSPS) is 17.9. The van der Waals surface area contributed by atoms with E-state index in [-0.39, 0.29) is 10.6 Å². The van der Waals surface area contributed by atoms with E-state index in [4.69, 9.17) is 9.73 Å². The Labute approximate surface area is 180 Å². The summed E-state index contributed by atoms with van der Waals surface area (Å²) in [6.07, 6.45) is 3.28. The van der Waals surface area contributed by atoms with Crippen molar-refractivity contribution in [2.24, 2.45) is 10.9 Å². The second-order valence-corrected chi connectivity index (χ2v) is 7.91. The van der Waals surface area contributed by atoms with E-state index in [0.29, 0.717) is 18.5 Å². The zero-order valence-corrected chi connectivity index (χ0v) is 18.6. The summed E-state index contributed by atoms with van der Waals surface area (Å²) < 4.78 is 5.47. The molecular formula is C22H37N5O3. The van der Waals surface area contributed by atoms with Crippen LogP contribution >= 0.6 is 0 Å². The number of guanidine groups is 1. The van der Waals surface area contributed by atoms with Gasteiger partial charge in [0.05, 0.1) is 18.1 Å². The number of non-ortho nitro benzene ring substituents is 1. The van der Waals surface area contributed by atoms with Crippen LogP contribution in [0.25, 0.3) is 0 Å². The van der Waals surface area contributed by atoms with Crippen LogP contribution in [0, 0.1) is 16.0 Å². The predicted molar refractivity (Wildman–Crippen MR) is 121 cm³/mol. The van der Waals surface area contributed by atoms with Gasteiger partial charge in [0.1, 0.15) is 0 Å². The third kappa shape index (κ3) is 8.67. The zero-order chi connectivity index (χ0) is 21.8. The number of ether oxygens (including phenoxy) is 1. The third-order valence-corrected chi connectivity index (χ3v) is 5.54. The van der Waals surface area contributed by atoms with Crippen molar-refractivity contribution >= 4 is 11.6 Å². The molecular weight excluding hydrogens is 382 g/mol. The molecule has 0 amide bonds. The predicted octanol–water partition coefficient (Wildman–Crippen LogP) is 3.18. The van der Waals surface area contributed by atoms with Crippen LogP contribution in [0.3, 0.4) is 0 Å². The van der Waals surface area contributed by atoms with Crippen molar-refractivity contribution in [3.63, 3.8) is 0 Å². The summed E-state index contributed by atoms with van der Waals surface area (Å²) in [5.74, 6) is 1.30. The van der Waals surface area contributed by atoms with E-state index >= 15 is 0 Å². The summed E-state index contributed by atoms with van der Waals surface area (Å²) in [5, 5.41) is 17.8. The van der Waals surface area contributed by atoms with Crippen molar-refractivity contribution in [2.45, 2.75) is 52.6 Å². The molecule has 1 heterocycles. The van der Waals surface area contributed by atoms with Crippen molar-refractivity contribution in [1.82, 2.24) is 15.5 Å². The fourth-order valence-corrected chi connectivity index (χ4v) is 3.50. The highest BCUT2D eigenvalue weighted by Gasteiger charge is 2.16. The average molecular weight is 420 g/mol. The lowest BCUT2D eigenvalue weighted by atomic mass is 10.1. The maximum Gasteiger partial charge on any atom is 0.269 e. The van der Waals surface area contributed by atoms with Crippen LogP contribution in [0.1, 0.15) is 45.6 Å². The third-order valence-electron chi connectivity index (χ3n) is 5.54. The molecule has 1 aliphatic rings. The SMILES string of the molecule is CCN(CC)CCCC(C)NC(=NCc1ccc([N+](=O)[O-])cc1)NCC1CCOC1. The van der Waals surface area contributed by atoms with Gasteiger partial charge in [-0.3, -0.25) is 10.1 Å². The molecule has 1 fully saturated rings. The first-order valence-electron chi connectivity index (χ1n) is 11.1. The second kappa shape index (κ2) is 13.2. The van der Waals surface area contributed by atoms with Crippen molar-refractivity contribution < 1.29 is 9.66 Å². The first kappa shape index (κ1) is 24.1. The summed E-state index contributed by atoms with van der Waals surface area (Å²) in [6, 6.07) is 6.88. The monoisotopic (exact) mass is 419 g/mol. The Kier molecular flexibility index (Phi) is 10.6. The quantitative estimate of drug-likeness (QED) is 0.234. The number of rotatable bonds is 12. The van der Waals surface area contributed by atoms with Gasteiger partial charge in [0.15, 0.2) is 5.96 Å². The van der Waals surface area contributed by atoms with E-state index in [1.807, 2.05) is 0 Å². The van der Waals surface area contributed by atoms with Crippen LogP contribution in [0.15, 0.2) is 29.3 Å². The van der Waals surface area contributed by atoms with Gasteiger partial charge in [-0.05, 0) is 51.4 Å². The Balaban J connectivity index is 1.90. The van der Waals surface area contributed by atoms with Gasteiger partial charge in [0.25, 0.3) is 5.69 Å². The highest BCUT2D eigenvalue weighted by molar-refractivity contribution is 5.80. The number of hydrogen-bond acceptors (Lipinski definition) is 5. The molecule has 0 spiro atoms. The standard InChI is InChI=1S/C22H37N5O3/c1-4-26(5-2)13-6-7-18(3)25-22(24-16-20-12-14-30-17-20)23-15-19-8-10-21(11-9-19)27(28)29/h8-11,18,20H,4-7,12-17H2,1-3H3,(H2,23,24,25). The van der Waals surface area contributed by atoms with Crippen molar-refractivity contribution in [3.05, 3.63) is 39.9 Å². The number of nitrogens with zero attached hydrogens (tertiary/aromatic N) is 3. The van der Waals surface area contributed by atoms with E-state index in [1.165, 1.54) is 12.1 Å². The fourth-order valence-electron chi connectivity index (χ4n) is 3.50. The average Bonchev–Trinajstić information content (AvgIpc) is 3.27. The van der Waals surface area contributed by atoms with Gasteiger partial charge < -0.3 is 20.3 Å². The molecule has 1 saturated heterocycles. The Hall–Kier alpha value is -2.19. The van der Waals surface area contributed by atoms with E-state index < -0.39 is 0 Å². The zero-order valence-electron chi connectivity index (χ0n) is 18.6. The summed E-state index contributed by atoms with van der Waals surface area (Å²) in [4.78, 5) is 17.6. The lowest BCUT2D eigenvalue weighted by Crippen LogP contribution is -2.44. The minimum absolute atomic E-state index is 0.0993. The smallest absolute Gasteiger partial charge is 0.269 e. The molecule has 168 valence electrons. The molecule has 1 aliphatic heterocycles. The molecule has 2 unspecified atom stereocenters. The molecule has 0 saturated carbocycles. The summed E-state index contributed by atoms with van der Waals surface area (Å²) in [7, 11) is 0. The second-order valence-electron chi connectivity index (χ2n) is 7.91. The molecule has 1 aromatic rings. The van der Waals surface area contributed by atoms with Crippen LogP contribution in [-0.2, 0) is 11.3 Å². The van der Waals surface area contributed by atoms with Crippen molar-refractivity contribution in [1.29, 1.82) is 0 Å². The van der Waals surface area contributed by atoms with Gasteiger partial charge in [-0.25, -0.2) is 4.99 Å². The Morgan fingerprint density at radius 2 is 2.07 bits per heavy atom. The minimum atomic E-state index is -0.384. The molecule has 30 heavy (non-hydrogen) atoms. The molecule has 2 rings (SSSR count). The number of aliphatic imine (C=N–C) groups is 1. The number of nitro benzene ring substituents is 1. The number of benzene rings is 1. The van der Waals surface area contributed by atoms with Crippen LogP contribution < -0.4 is 10.6 Å². The van der Waals surface area contributed by atoms with E-state index in [2.05, 4.69) is 36.3 Å². The fraction of sp³-hybridized carbons (Fsp3) is 0.682. The Morgan fingerprint density at radius 3 is 2.67 bits per heavy atom. The van der Waals surface area contributed by atoms with Gasteiger partial charge >= 0.3 is 0 Å². The molecule has 8 nitrogen and oxygen atoms in total. The van der Waals surface area contributed by atoms with Crippen LogP contribution in [0.2, 0.25) is 0 Å².